The summed E-state index contributed by atoms with van der Waals surface area (Å²) in [6, 6.07) is 17.4. The number of carbonyl (C=O) groups is 1. The average molecular weight is 407 g/mol. The number of carboxylic acid groups (broad SMARTS) is 1. The number of imidazole rings is 1. The fourth-order valence-corrected chi connectivity index (χ4v) is 3.46. The number of unbranched alkanes of at least 4 members (excludes halogenated alkanes) is 4. The molecule has 0 saturated carbocycles. The van der Waals surface area contributed by atoms with Crippen LogP contribution in [0, 0.1) is 13.8 Å². The second kappa shape index (κ2) is 10.6. The second-order valence-electron chi connectivity index (χ2n) is 7.73. The van der Waals surface area contributed by atoms with Crippen LogP contribution in [0.5, 0.6) is 6.01 Å². The normalized spacial score (nSPS) is 10.9. The molecule has 158 valence electrons. The summed E-state index contributed by atoms with van der Waals surface area (Å²) in [5.41, 5.74) is 5.55. The number of benzene rings is 2. The van der Waals surface area contributed by atoms with Gasteiger partial charge in [0.15, 0.2) is 0 Å². The molecule has 3 aromatic rings. The number of rotatable bonds is 11. The van der Waals surface area contributed by atoms with E-state index < -0.39 is 5.97 Å². The molecule has 0 aliphatic rings. The van der Waals surface area contributed by atoms with Crippen molar-refractivity contribution in [3.05, 3.63) is 65.9 Å². The topological polar surface area (TPSA) is 64.4 Å². The molecule has 0 spiro atoms. The lowest BCUT2D eigenvalue weighted by Crippen LogP contribution is -2.05. The number of carboxylic acids is 1. The quantitative estimate of drug-likeness (QED) is 0.399. The van der Waals surface area contributed by atoms with E-state index in [2.05, 4.69) is 71.9 Å². The molecule has 0 fully saturated rings. The average Bonchev–Trinajstić information content (AvgIpc) is 3.14. The largest absolute Gasteiger partial charge is 0.481 e. The lowest BCUT2D eigenvalue weighted by atomic mass is 10.1. The maximum Gasteiger partial charge on any atom is 0.303 e. The molecule has 1 heterocycles. The van der Waals surface area contributed by atoms with Gasteiger partial charge in [-0.2, -0.15) is 0 Å². The Kier molecular flexibility index (Phi) is 7.66. The van der Waals surface area contributed by atoms with Crippen molar-refractivity contribution in [2.24, 2.45) is 0 Å². The molecule has 0 radical (unpaired) electrons. The van der Waals surface area contributed by atoms with E-state index in [0.717, 1.165) is 49.0 Å². The molecule has 0 unspecified atom stereocenters. The minimum Gasteiger partial charge on any atom is -0.481 e. The van der Waals surface area contributed by atoms with Crippen molar-refractivity contribution in [3.8, 4) is 23.0 Å². The Balaban J connectivity index is 1.68. The molecular formula is C25H30N2O3. The van der Waals surface area contributed by atoms with Crippen LogP contribution >= 0.6 is 0 Å². The third-order valence-corrected chi connectivity index (χ3v) is 5.10. The molecule has 3 rings (SSSR count). The molecule has 0 saturated heterocycles. The third kappa shape index (κ3) is 5.96. The van der Waals surface area contributed by atoms with Gasteiger partial charge in [-0.15, -0.1) is 0 Å². The van der Waals surface area contributed by atoms with E-state index >= 15 is 0 Å². The summed E-state index contributed by atoms with van der Waals surface area (Å²) in [4.78, 5) is 15.1. The van der Waals surface area contributed by atoms with Gasteiger partial charge in [-0.1, -0.05) is 60.7 Å². The Bertz CT molecular complexity index is 961. The SMILES string of the molecule is Cc1ccc(-n2c(-c3cccc(C)c3)cnc2OCCCCCCCC(=O)O)cc1. The summed E-state index contributed by atoms with van der Waals surface area (Å²) in [5, 5.41) is 8.69. The van der Waals surface area contributed by atoms with E-state index in [0.29, 0.717) is 12.6 Å². The van der Waals surface area contributed by atoms with E-state index in [9.17, 15) is 4.79 Å². The fourth-order valence-electron chi connectivity index (χ4n) is 3.46. The highest BCUT2D eigenvalue weighted by molar-refractivity contribution is 5.66. The van der Waals surface area contributed by atoms with Crippen LogP contribution < -0.4 is 4.74 Å². The van der Waals surface area contributed by atoms with Crippen molar-refractivity contribution in [3.63, 3.8) is 0 Å². The highest BCUT2D eigenvalue weighted by atomic mass is 16.5. The summed E-state index contributed by atoms with van der Waals surface area (Å²) >= 11 is 0. The summed E-state index contributed by atoms with van der Waals surface area (Å²) in [6.07, 6.45) is 6.79. The number of hydrogen-bond donors (Lipinski definition) is 1. The van der Waals surface area contributed by atoms with Gasteiger partial charge in [0.05, 0.1) is 24.2 Å². The number of aromatic nitrogens is 2. The molecule has 5 heteroatoms. The molecule has 0 atom stereocenters. The van der Waals surface area contributed by atoms with Gasteiger partial charge in [0.2, 0.25) is 0 Å². The van der Waals surface area contributed by atoms with Crippen molar-refractivity contribution in [1.29, 1.82) is 0 Å². The maximum atomic E-state index is 10.6. The highest BCUT2D eigenvalue weighted by Crippen LogP contribution is 2.29. The zero-order valence-electron chi connectivity index (χ0n) is 17.8. The van der Waals surface area contributed by atoms with Crippen molar-refractivity contribution in [1.82, 2.24) is 9.55 Å². The smallest absolute Gasteiger partial charge is 0.303 e. The Morgan fingerprint density at radius 3 is 2.43 bits per heavy atom. The fraction of sp³-hybridized carbons (Fsp3) is 0.360. The van der Waals surface area contributed by atoms with Crippen molar-refractivity contribution < 1.29 is 14.6 Å². The van der Waals surface area contributed by atoms with Crippen LogP contribution in [0.3, 0.4) is 0 Å². The van der Waals surface area contributed by atoms with Crippen LogP contribution in [-0.2, 0) is 4.79 Å². The zero-order chi connectivity index (χ0) is 21.3. The summed E-state index contributed by atoms with van der Waals surface area (Å²) in [7, 11) is 0. The van der Waals surface area contributed by atoms with Crippen LogP contribution in [0.4, 0.5) is 0 Å². The van der Waals surface area contributed by atoms with Gasteiger partial charge in [0.25, 0.3) is 0 Å². The van der Waals surface area contributed by atoms with E-state index in [4.69, 9.17) is 9.84 Å². The molecule has 30 heavy (non-hydrogen) atoms. The first kappa shape index (κ1) is 21.6. The van der Waals surface area contributed by atoms with Crippen molar-refractivity contribution in [2.75, 3.05) is 6.61 Å². The molecule has 1 N–H and O–H groups in total. The predicted octanol–water partition coefficient (Wildman–Crippen LogP) is 5.96. The monoisotopic (exact) mass is 406 g/mol. The van der Waals surface area contributed by atoms with Crippen LogP contribution in [0.15, 0.2) is 54.7 Å². The molecular weight excluding hydrogens is 376 g/mol. The van der Waals surface area contributed by atoms with Gasteiger partial charge in [0.1, 0.15) is 0 Å². The number of ether oxygens (including phenoxy) is 1. The first-order valence-electron chi connectivity index (χ1n) is 10.6. The Labute approximate surface area is 178 Å². The van der Waals surface area contributed by atoms with E-state index in [1.165, 1.54) is 11.1 Å². The third-order valence-electron chi connectivity index (χ3n) is 5.10. The molecule has 0 aliphatic heterocycles. The predicted molar refractivity (Wildman–Crippen MR) is 119 cm³/mol. The van der Waals surface area contributed by atoms with E-state index in [1.807, 2.05) is 6.20 Å². The van der Waals surface area contributed by atoms with Gasteiger partial charge >= 0.3 is 12.0 Å². The molecule has 0 bridgehead atoms. The minimum atomic E-state index is -0.717. The molecule has 2 aromatic carbocycles. The van der Waals surface area contributed by atoms with E-state index in [1.54, 1.807) is 0 Å². The van der Waals surface area contributed by atoms with Crippen molar-refractivity contribution in [2.45, 2.75) is 52.4 Å². The van der Waals surface area contributed by atoms with Gasteiger partial charge in [0, 0.05) is 12.0 Å². The first-order valence-corrected chi connectivity index (χ1v) is 10.6. The summed E-state index contributed by atoms with van der Waals surface area (Å²) in [5.74, 6) is -0.717. The molecule has 0 amide bonds. The second-order valence-corrected chi connectivity index (χ2v) is 7.73. The van der Waals surface area contributed by atoms with E-state index in [-0.39, 0.29) is 6.42 Å². The number of aliphatic carboxylic acids is 1. The molecule has 1 aromatic heterocycles. The molecule has 0 aliphatic carbocycles. The highest BCUT2D eigenvalue weighted by Gasteiger charge is 2.15. The minimum absolute atomic E-state index is 0.256. The standard InChI is InChI=1S/C25H30N2O3/c1-19-12-14-22(15-13-19)27-23(21-10-8-9-20(2)17-21)18-26-25(27)30-16-7-5-3-4-6-11-24(28)29/h8-10,12-15,17-18H,3-7,11,16H2,1-2H3,(H,28,29). The zero-order valence-corrected chi connectivity index (χ0v) is 17.8. The Morgan fingerprint density at radius 2 is 1.70 bits per heavy atom. The number of nitrogens with zero attached hydrogens (tertiary/aromatic N) is 2. The molecule has 5 nitrogen and oxygen atoms in total. The van der Waals surface area contributed by atoms with Crippen LogP contribution in [0.2, 0.25) is 0 Å². The first-order chi connectivity index (χ1) is 14.5. The van der Waals surface area contributed by atoms with Crippen LogP contribution in [0.1, 0.15) is 49.7 Å². The van der Waals surface area contributed by atoms with Gasteiger partial charge in [-0.25, -0.2) is 4.98 Å². The Morgan fingerprint density at radius 1 is 0.967 bits per heavy atom. The van der Waals surface area contributed by atoms with Gasteiger partial charge in [-0.05, 0) is 44.9 Å². The lowest BCUT2D eigenvalue weighted by Gasteiger charge is -2.13. The maximum absolute atomic E-state index is 10.6. The Hall–Kier alpha value is -3.08. The number of hydrogen-bond acceptors (Lipinski definition) is 3. The van der Waals surface area contributed by atoms with Gasteiger partial charge in [-0.3, -0.25) is 9.36 Å². The van der Waals surface area contributed by atoms with Gasteiger partial charge < -0.3 is 9.84 Å². The lowest BCUT2D eigenvalue weighted by molar-refractivity contribution is -0.137. The summed E-state index contributed by atoms with van der Waals surface area (Å²) in [6.45, 7) is 4.76. The summed E-state index contributed by atoms with van der Waals surface area (Å²) < 4.78 is 8.13. The van der Waals surface area contributed by atoms with Crippen molar-refractivity contribution >= 4 is 5.97 Å². The number of aryl methyl sites for hydroxylation is 2. The van der Waals surface area contributed by atoms with Crippen LogP contribution in [0.25, 0.3) is 16.9 Å². The van der Waals surface area contributed by atoms with Crippen LogP contribution in [-0.4, -0.2) is 27.2 Å².